The second-order valence-electron chi connectivity index (χ2n) is 1.71. The third kappa shape index (κ3) is 3.27. The van der Waals surface area contributed by atoms with E-state index < -0.39 is 18.8 Å². The van der Waals surface area contributed by atoms with E-state index in [1.165, 1.54) is 21.3 Å². The van der Waals surface area contributed by atoms with E-state index in [-0.39, 0.29) is 0 Å². The van der Waals surface area contributed by atoms with Gasteiger partial charge < -0.3 is 17.4 Å². The van der Waals surface area contributed by atoms with Crippen LogP contribution in [0.2, 0.25) is 0 Å². The lowest BCUT2D eigenvalue weighted by molar-refractivity contribution is 0.0531. The molecule has 0 N–H and O–H groups in total. The molecule has 0 radical (unpaired) electrons. The Morgan fingerprint density at radius 1 is 1.18 bits per heavy atom. The Kier molecular flexibility index (Phi) is 5.64. The minimum absolute atomic E-state index is 0.765. The van der Waals surface area contributed by atoms with Gasteiger partial charge in [-0.2, -0.15) is 0 Å². The molecule has 0 saturated carbocycles. The molecule has 0 amide bonds. The van der Waals surface area contributed by atoms with Crippen molar-refractivity contribution in [2.24, 2.45) is 0 Å². The molecule has 0 bridgehead atoms. The summed E-state index contributed by atoms with van der Waals surface area (Å²) in [6, 6.07) is 0. The molecule has 0 aromatic rings. The Hall–Kier alpha value is 0.0138. The number of hydrogen-bond acceptors (Lipinski definition) is 4. The molecular weight excluding hydrogens is 180 g/mol. The Labute approximate surface area is 70.5 Å². The first-order valence-corrected chi connectivity index (χ1v) is 6.17. The van der Waals surface area contributed by atoms with Gasteiger partial charge in [-0.3, -0.25) is 0 Å². The molecule has 0 spiro atoms. The zero-order valence-corrected chi connectivity index (χ0v) is 9.54. The van der Waals surface area contributed by atoms with E-state index in [1.807, 2.05) is 0 Å². The highest BCUT2D eigenvalue weighted by Gasteiger charge is 2.40. The quantitative estimate of drug-likeness (QED) is 0.539. The molecule has 0 aliphatic rings. The summed E-state index contributed by atoms with van der Waals surface area (Å²) in [6.45, 7) is 3.56. The standard InChI is InChI=1S/C5H14O4Si2/c1-5-10-9-11(6-2,7-3)8-4/h5H,1,10H2,2-4H3. The summed E-state index contributed by atoms with van der Waals surface area (Å²) in [4.78, 5) is 0. The van der Waals surface area contributed by atoms with Gasteiger partial charge in [0.05, 0.1) is 0 Å². The van der Waals surface area contributed by atoms with Crippen LogP contribution in [0.1, 0.15) is 0 Å². The summed E-state index contributed by atoms with van der Waals surface area (Å²) in [5.41, 5.74) is 1.75. The van der Waals surface area contributed by atoms with Crippen LogP contribution in [0.25, 0.3) is 0 Å². The van der Waals surface area contributed by atoms with Crippen LogP contribution in [0.15, 0.2) is 12.3 Å². The van der Waals surface area contributed by atoms with Crippen molar-refractivity contribution >= 4 is 18.8 Å². The third-order valence-corrected chi connectivity index (χ3v) is 4.94. The number of rotatable bonds is 6. The van der Waals surface area contributed by atoms with Gasteiger partial charge in [0, 0.05) is 21.3 Å². The van der Waals surface area contributed by atoms with Crippen molar-refractivity contribution in [2.45, 2.75) is 0 Å². The molecule has 4 nitrogen and oxygen atoms in total. The highest BCUT2D eigenvalue weighted by Crippen LogP contribution is 2.05. The van der Waals surface area contributed by atoms with Crippen LogP contribution in [0.4, 0.5) is 0 Å². The van der Waals surface area contributed by atoms with Gasteiger partial charge in [0.25, 0.3) is 0 Å². The van der Waals surface area contributed by atoms with E-state index in [0.29, 0.717) is 0 Å². The van der Waals surface area contributed by atoms with E-state index in [0.717, 1.165) is 0 Å². The first-order chi connectivity index (χ1) is 5.24. The molecule has 0 saturated heterocycles. The predicted molar refractivity (Wildman–Crippen MR) is 46.6 cm³/mol. The van der Waals surface area contributed by atoms with Gasteiger partial charge in [-0.1, -0.05) is 5.70 Å². The van der Waals surface area contributed by atoms with Crippen LogP contribution >= 0.6 is 0 Å². The summed E-state index contributed by atoms with van der Waals surface area (Å²) in [7, 11) is 1.02. The maximum absolute atomic E-state index is 5.32. The van der Waals surface area contributed by atoms with Gasteiger partial charge in [-0.05, 0) is 0 Å². The molecule has 0 atom stereocenters. The fraction of sp³-hybridized carbons (Fsp3) is 0.600. The highest BCUT2D eigenvalue weighted by molar-refractivity contribution is 6.61. The molecule has 66 valence electrons. The zero-order valence-electron chi connectivity index (χ0n) is 7.12. The number of hydrogen-bond donors (Lipinski definition) is 0. The van der Waals surface area contributed by atoms with E-state index >= 15 is 0 Å². The summed E-state index contributed by atoms with van der Waals surface area (Å²) >= 11 is 0. The van der Waals surface area contributed by atoms with E-state index in [9.17, 15) is 0 Å². The molecule has 6 heteroatoms. The molecule has 0 fully saturated rings. The lowest BCUT2D eigenvalue weighted by atomic mass is 11.3. The first kappa shape index (κ1) is 11.0. The third-order valence-electron chi connectivity index (χ3n) is 1.13. The largest absolute Gasteiger partial charge is 0.668 e. The molecule has 0 unspecified atom stereocenters. The monoisotopic (exact) mass is 194 g/mol. The molecule has 0 aliphatic carbocycles. The highest BCUT2D eigenvalue weighted by atomic mass is 28.4. The lowest BCUT2D eigenvalue weighted by Crippen LogP contribution is -2.47. The maximum Gasteiger partial charge on any atom is 0.668 e. The minimum Gasteiger partial charge on any atom is -0.396 e. The van der Waals surface area contributed by atoms with Crippen LogP contribution in [-0.4, -0.2) is 40.1 Å². The van der Waals surface area contributed by atoms with Gasteiger partial charge in [-0.25, -0.2) is 0 Å². The van der Waals surface area contributed by atoms with Gasteiger partial charge in [0.1, 0.15) is 0 Å². The average Bonchev–Trinajstić information content (AvgIpc) is 2.08. The summed E-state index contributed by atoms with van der Waals surface area (Å²) in [5, 5.41) is 0. The lowest BCUT2D eigenvalue weighted by Gasteiger charge is -2.22. The van der Waals surface area contributed by atoms with Crippen molar-refractivity contribution in [2.75, 3.05) is 21.3 Å². The topological polar surface area (TPSA) is 36.9 Å². The van der Waals surface area contributed by atoms with E-state index in [1.54, 1.807) is 5.70 Å². The second kappa shape index (κ2) is 5.64. The Balaban J connectivity index is 3.93. The summed E-state index contributed by atoms with van der Waals surface area (Å²) < 4.78 is 20.3. The van der Waals surface area contributed by atoms with E-state index in [4.69, 9.17) is 17.4 Å². The zero-order chi connectivity index (χ0) is 8.74. The van der Waals surface area contributed by atoms with Gasteiger partial charge >= 0.3 is 9.05 Å². The Morgan fingerprint density at radius 3 is 1.91 bits per heavy atom. The van der Waals surface area contributed by atoms with Crippen LogP contribution < -0.4 is 0 Å². The molecule has 11 heavy (non-hydrogen) atoms. The van der Waals surface area contributed by atoms with Crippen molar-refractivity contribution in [3.8, 4) is 0 Å². The molecule has 0 rings (SSSR count). The van der Waals surface area contributed by atoms with Gasteiger partial charge in [0.2, 0.25) is 0 Å². The molecule has 0 aromatic carbocycles. The first-order valence-electron chi connectivity index (χ1n) is 3.15. The smallest absolute Gasteiger partial charge is 0.396 e. The van der Waals surface area contributed by atoms with Crippen LogP contribution in [0.3, 0.4) is 0 Å². The Bertz CT molecular complexity index is 107. The average molecular weight is 194 g/mol. The van der Waals surface area contributed by atoms with Gasteiger partial charge in [0.15, 0.2) is 9.76 Å². The maximum atomic E-state index is 5.32. The normalized spacial score (nSPS) is 12.6. The second-order valence-corrected chi connectivity index (χ2v) is 6.00. The van der Waals surface area contributed by atoms with Crippen LogP contribution in [0.5, 0.6) is 0 Å². The minimum atomic E-state index is -2.75. The Morgan fingerprint density at radius 2 is 1.64 bits per heavy atom. The van der Waals surface area contributed by atoms with Crippen molar-refractivity contribution in [3.63, 3.8) is 0 Å². The van der Waals surface area contributed by atoms with Crippen molar-refractivity contribution in [3.05, 3.63) is 12.3 Å². The molecular formula is C5H14O4Si2. The van der Waals surface area contributed by atoms with E-state index in [2.05, 4.69) is 6.58 Å². The summed E-state index contributed by atoms with van der Waals surface area (Å²) in [5.74, 6) is 0. The van der Waals surface area contributed by atoms with Crippen molar-refractivity contribution in [1.82, 2.24) is 0 Å². The van der Waals surface area contributed by atoms with Gasteiger partial charge in [-0.15, -0.1) is 6.58 Å². The molecule has 0 heterocycles. The van der Waals surface area contributed by atoms with Crippen LogP contribution in [0, 0.1) is 0 Å². The van der Waals surface area contributed by atoms with Crippen LogP contribution in [-0.2, 0) is 17.4 Å². The predicted octanol–water partition coefficient (Wildman–Crippen LogP) is -0.395. The fourth-order valence-corrected chi connectivity index (χ4v) is 3.79. The van der Waals surface area contributed by atoms with Crippen molar-refractivity contribution < 1.29 is 17.4 Å². The fourth-order valence-electron chi connectivity index (χ4n) is 0.588. The van der Waals surface area contributed by atoms with Crippen molar-refractivity contribution in [1.29, 1.82) is 0 Å². The SMILES string of the molecule is C=C[SiH2]O[Si](OC)(OC)OC. The summed E-state index contributed by atoms with van der Waals surface area (Å²) in [6.07, 6.45) is 0. The molecule has 0 aromatic heterocycles. The molecule has 0 aliphatic heterocycles.